The van der Waals surface area contributed by atoms with Crippen molar-refractivity contribution in [3.05, 3.63) is 52.3 Å². The molecule has 2 aromatic heterocycles. The number of carbonyl (C=O) groups is 2. The normalized spacial score (nSPS) is 17.1. The van der Waals surface area contributed by atoms with E-state index in [0.717, 1.165) is 23.1 Å². The predicted molar refractivity (Wildman–Crippen MR) is 109 cm³/mol. The third-order valence-corrected chi connectivity index (χ3v) is 5.36. The SMILES string of the molecule is Cc1c(OC(F)C(F)F)ccnc1Cn1cc(C(=O)C2=C(O)CC(C)(C)CC2=O)c(C(F)(F)F)n1. The highest BCUT2D eigenvalue weighted by molar-refractivity contribution is 6.27. The summed E-state index contributed by atoms with van der Waals surface area (Å²) in [6, 6.07) is 1.11. The summed E-state index contributed by atoms with van der Waals surface area (Å²) < 4.78 is 84.5. The van der Waals surface area contributed by atoms with Crippen molar-refractivity contribution < 1.29 is 45.8 Å². The first-order valence-corrected chi connectivity index (χ1v) is 10.3. The number of rotatable bonds is 7. The molecule has 0 saturated heterocycles. The zero-order valence-corrected chi connectivity index (χ0v) is 18.8. The highest BCUT2D eigenvalue weighted by Gasteiger charge is 2.43. The molecule has 0 radical (unpaired) electrons. The van der Waals surface area contributed by atoms with Gasteiger partial charge < -0.3 is 9.84 Å². The maximum absolute atomic E-state index is 13.7. The molecule has 190 valence electrons. The second kappa shape index (κ2) is 9.34. The van der Waals surface area contributed by atoms with E-state index >= 15 is 0 Å². The first-order chi connectivity index (χ1) is 16.1. The van der Waals surface area contributed by atoms with Crippen LogP contribution in [-0.2, 0) is 17.5 Å². The van der Waals surface area contributed by atoms with Crippen LogP contribution in [-0.4, -0.2) is 44.2 Å². The smallest absolute Gasteiger partial charge is 0.435 e. The first kappa shape index (κ1) is 26.2. The molecule has 1 aliphatic rings. The lowest BCUT2D eigenvalue weighted by Crippen LogP contribution is -2.29. The molecule has 0 amide bonds. The van der Waals surface area contributed by atoms with E-state index in [4.69, 9.17) is 0 Å². The van der Waals surface area contributed by atoms with E-state index in [1.54, 1.807) is 13.8 Å². The van der Waals surface area contributed by atoms with Crippen LogP contribution in [0, 0.1) is 12.3 Å². The molecule has 7 nitrogen and oxygen atoms in total. The molecule has 2 aromatic rings. The lowest BCUT2D eigenvalue weighted by atomic mass is 9.75. The summed E-state index contributed by atoms with van der Waals surface area (Å²) in [6.07, 6.45) is -9.79. The molecule has 0 spiro atoms. The van der Waals surface area contributed by atoms with Gasteiger partial charge in [0.25, 0.3) is 6.36 Å². The second-order valence-electron chi connectivity index (χ2n) is 8.86. The monoisotopic (exact) mass is 505 g/mol. The molecule has 0 bridgehead atoms. The molecular weight excluding hydrogens is 484 g/mol. The molecule has 1 aliphatic carbocycles. The number of aliphatic hydroxyl groups excluding tert-OH is 1. The number of hydrogen-bond donors (Lipinski definition) is 1. The van der Waals surface area contributed by atoms with E-state index in [9.17, 15) is 41.0 Å². The second-order valence-corrected chi connectivity index (χ2v) is 8.86. The number of nitrogens with zero attached hydrogens (tertiary/aromatic N) is 3. The summed E-state index contributed by atoms with van der Waals surface area (Å²) in [5.74, 6) is -3.00. The maximum atomic E-state index is 13.7. The van der Waals surface area contributed by atoms with E-state index in [2.05, 4.69) is 14.8 Å². The molecule has 13 heteroatoms. The van der Waals surface area contributed by atoms with Crippen LogP contribution in [0.3, 0.4) is 0 Å². The molecule has 0 fully saturated rings. The number of ketones is 2. The van der Waals surface area contributed by atoms with Crippen molar-refractivity contribution in [2.75, 3.05) is 0 Å². The van der Waals surface area contributed by atoms with Gasteiger partial charge in [-0.3, -0.25) is 19.3 Å². The highest BCUT2D eigenvalue weighted by Crippen LogP contribution is 2.38. The van der Waals surface area contributed by atoms with Crippen LogP contribution in [0.5, 0.6) is 5.75 Å². The molecule has 3 rings (SSSR count). The van der Waals surface area contributed by atoms with Gasteiger partial charge in [-0.2, -0.15) is 22.7 Å². The Balaban J connectivity index is 1.99. The summed E-state index contributed by atoms with van der Waals surface area (Å²) >= 11 is 0. The Morgan fingerprint density at radius 3 is 2.49 bits per heavy atom. The van der Waals surface area contributed by atoms with E-state index in [-0.39, 0.29) is 29.8 Å². The molecule has 1 unspecified atom stereocenters. The van der Waals surface area contributed by atoms with Crippen molar-refractivity contribution >= 4 is 11.6 Å². The highest BCUT2D eigenvalue weighted by atomic mass is 19.4. The number of aliphatic hydroxyl groups is 1. The lowest BCUT2D eigenvalue weighted by Gasteiger charge is -2.29. The molecule has 2 heterocycles. The molecule has 1 atom stereocenters. The molecule has 0 aromatic carbocycles. The van der Waals surface area contributed by atoms with Crippen molar-refractivity contribution in [2.45, 2.75) is 59.1 Å². The Labute approximate surface area is 195 Å². The van der Waals surface area contributed by atoms with E-state index in [1.165, 1.54) is 6.92 Å². The zero-order chi connectivity index (χ0) is 26.3. The Bertz CT molecular complexity index is 1190. The number of Topliss-reactive ketones (excluding diaryl/α,β-unsaturated/α-hetero) is 2. The van der Waals surface area contributed by atoms with Crippen LogP contribution >= 0.6 is 0 Å². The summed E-state index contributed by atoms with van der Waals surface area (Å²) in [5, 5.41) is 13.7. The largest absolute Gasteiger partial charge is 0.511 e. The summed E-state index contributed by atoms with van der Waals surface area (Å²) in [4.78, 5) is 29.3. The number of alkyl halides is 6. The zero-order valence-electron chi connectivity index (χ0n) is 18.8. The average molecular weight is 505 g/mol. The van der Waals surface area contributed by atoms with Crippen LogP contribution < -0.4 is 4.74 Å². The number of aromatic nitrogens is 3. The maximum Gasteiger partial charge on any atom is 0.435 e. The number of halogens is 6. The van der Waals surface area contributed by atoms with Gasteiger partial charge in [0.15, 0.2) is 11.5 Å². The molecule has 0 saturated carbocycles. The van der Waals surface area contributed by atoms with Gasteiger partial charge >= 0.3 is 12.6 Å². The van der Waals surface area contributed by atoms with E-state index in [0.29, 0.717) is 0 Å². The van der Waals surface area contributed by atoms with Crippen molar-refractivity contribution in [1.29, 1.82) is 0 Å². The number of carbonyl (C=O) groups excluding carboxylic acids is 2. The number of allylic oxidation sites excluding steroid dienone is 2. The topological polar surface area (TPSA) is 94.3 Å². The van der Waals surface area contributed by atoms with Gasteiger partial charge in [-0.1, -0.05) is 13.8 Å². The predicted octanol–water partition coefficient (Wildman–Crippen LogP) is 4.98. The fraction of sp³-hybridized carbons (Fsp3) is 0.455. The molecule has 1 N–H and O–H groups in total. The van der Waals surface area contributed by atoms with Gasteiger partial charge in [0, 0.05) is 30.8 Å². The van der Waals surface area contributed by atoms with E-state index < -0.39 is 65.1 Å². The minimum absolute atomic E-state index is 0.0109. The van der Waals surface area contributed by atoms with Gasteiger partial charge in [-0.25, -0.2) is 8.78 Å². The van der Waals surface area contributed by atoms with E-state index in [1.807, 2.05) is 0 Å². The van der Waals surface area contributed by atoms with Crippen molar-refractivity contribution in [2.24, 2.45) is 5.41 Å². The third kappa shape index (κ3) is 5.65. The number of hydrogen-bond acceptors (Lipinski definition) is 6. The van der Waals surface area contributed by atoms with Gasteiger partial charge in [-0.05, 0) is 18.4 Å². The Kier molecular flexibility index (Phi) is 7.00. The number of ether oxygens (including phenoxy) is 1. The van der Waals surface area contributed by atoms with Crippen LogP contribution in [0.2, 0.25) is 0 Å². The number of pyridine rings is 1. The van der Waals surface area contributed by atoms with Gasteiger partial charge in [0.1, 0.15) is 17.1 Å². The van der Waals surface area contributed by atoms with Crippen LogP contribution in [0.25, 0.3) is 0 Å². The lowest BCUT2D eigenvalue weighted by molar-refractivity contribution is -0.141. The Morgan fingerprint density at radius 2 is 1.91 bits per heavy atom. The first-order valence-electron chi connectivity index (χ1n) is 10.3. The standard InChI is InChI=1S/C22H21F6N3O4/c1-10-12(29-5-4-15(10)35-20(25)19(23)24)9-31-8-11(18(30-31)22(26,27)28)17(34)16-13(32)6-21(2,3)7-14(16)33/h4-5,8,19-20,32H,6-7,9H2,1-3H3. The van der Waals surface area contributed by atoms with Crippen LogP contribution in [0.1, 0.15) is 54.0 Å². The van der Waals surface area contributed by atoms with Crippen molar-refractivity contribution in [3.8, 4) is 5.75 Å². The fourth-order valence-corrected chi connectivity index (χ4v) is 3.73. The minimum atomic E-state index is -5.07. The van der Waals surface area contributed by atoms with Gasteiger partial charge in [0.05, 0.1) is 17.8 Å². The third-order valence-electron chi connectivity index (χ3n) is 5.36. The minimum Gasteiger partial charge on any atom is -0.511 e. The summed E-state index contributed by atoms with van der Waals surface area (Å²) in [6.45, 7) is 4.21. The fourth-order valence-electron chi connectivity index (χ4n) is 3.73. The van der Waals surface area contributed by atoms with Crippen molar-refractivity contribution in [3.63, 3.8) is 0 Å². The molecular formula is C22H21F6N3O4. The molecule has 35 heavy (non-hydrogen) atoms. The summed E-state index contributed by atoms with van der Waals surface area (Å²) in [7, 11) is 0. The van der Waals surface area contributed by atoms with Gasteiger partial charge in [0.2, 0.25) is 5.78 Å². The van der Waals surface area contributed by atoms with Crippen LogP contribution in [0.15, 0.2) is 29.8 Å². The average Bonchev–Trinajstić information content (AvgIpc) is 3.13. The Hall–Kier alpha value is -3.38. The quantitative estimate of drug-likeness (QED) is 0.324. The molecule has 0 aliphatic heterocycles. The Morgan fingerprint density at radius 1 is 1.26 bits per heavy atom. The summed E-state index contributed by atoms with van der Waals surface area (Å²) in [5.41, 5.74) is -3.83. The van der Waals surface area contributed by atoms with Crippen LogP contribution in [0.4, 0.5) is 26.3 Å². The van der Waals surface area contributed by atoms with Gasteiger partial charge in [-0.15, -0.1) is 0 Å². The van der Waals surface area contributed by atoms with Crippen molar-refractivity contribution in [1.82, 2.24) is 14.8 Å².